The van der Waals surface area contributed by atoms with Crippen LogP contribution in [0.25, 0.3) is 0 Å². The number of hydrogen-bond acceptors (Lipinski definition) is 4. The fraction of sp³-hybridized carbons (Fsp3) is 0.714. The Labute approximate surface area is 108 Å². The van der Waals surface area contributed by atoms with Gasteiger partial charge in [0.15, 0.2) is 0 Å². The lowest BCUT2D eigenvalue weighted by molar-refractivity contribution is -0.150. The van der Waals surface area contributed by atoms with E-state index in [4.69, 9.17) is 9.26 Å². The van der Waals surface area contributed by atoms with E-state index in [1.165, 1.54) is 19.3 Å². The third kappa shape index (κ3) is 3.34. The van der Waals surface area contributed by atoms with Gasteiger partial charge in [0.2, 0.25) is 0 Å². The first-order chi connectivity index (χ1) is 8.66. The summed E-state index contributed by atoms with van der Waals surface area (Å²) in [6, 6.07) is 0. The third-order valence-corrected chi connectivity index (χ3v) is 3.61. The van der Waals surface area contributed by atoms with E-state index in [0.717, 1.165) is 29.9 Å². The molecule has 2 rings (SSSR count). The maximum atomic E-state index is 11.8. The molecule has 0 aromatic carbocycles. The summed E-state index contributed by atoms with van der Waals surface area (Å²) in [7, 11) is 0. The van der Waals surface area contributed by atoms with Crippen molar-refractivity contribution >= 4 is 5.97 Å². The van der Waals surface area contributed by atoms with Gasteiger partial charge in [-0.05, 0) is 46.0 Å². The molecule has 18 heavy (non-hydrogen) atoms. The summed E-state index contributed by atoms with van der Waals surface area (Å²) in [6.45, 7) is 3.78. The van der Waals surface area contributed by atoms with Crippen LogP contribution in [0.15, 0.2) is 4.52 Å². The zero-order valence-electron chi connectivity index (χ0n) is 11.2. The molecule has 0 bridgehead atoms. The normalized spacial score (nSPS) is 16.8. The molecule has 1 aromatic rings. The van der Waals surface area contributed by atoms with Gasteiger partial charge >= 0.3 is 5.97 Å². The molecule has 0 spiro atoms. The van der Waals surface area contributed by atoms with E-state index >= 15 is 0 Å². The second kappa shape index (κ2) is 6.03. The molecule has 4 nitrogen and oxygen atoms in total. The lowest BCUT2D eigenvalue weighted by Gasteiger charge is -2.21. The highest BCUT2D eigenvalue weighted by Crippen LogP contribution is 2.21. The van der Waals surface area contributed by atoms with E-state index < -0.39 is 0 Å². The summed E-state index contributed by atoms with van der Waals surface area (Å²) in [5.41, 5.74) is 1.91. The van der Waals surface area contributed by atoms with Gasteiger partial charge in [0.25, 0.3) is 0 Å². The Hall–Kier alpha value is -1.32. The average molecular weight is 251 g/mol. The molecule has 1 saturated carbocycles. The highest BCUT2D eigenvalue weighted by atomic mass is 16.5. The topological polar surface area (TPSA) is 52.3 Å². The van der Waals surface area contributed by atoms with Gasteiger partial charge in [0.05, 0.1) is 5.69 Å². The van der Waals surface area contributed by atoms with Crippen LogP contribution in [0.3, 0.4) is 0 Å². The zero-order valence-corrected chi connectivity index (χ0v) is 11.2. The largest absolute Gasteiger partial charge is 0.462 e. The van der Waals surface area contributed by atoms with Gasteiger partial charge in [0, 0.05) is 12.0 Å². The molecule has 1 aromatic heterocycles. The van der Waals surface area contributed by atoms with Crippen LogP contribution in [-0.2, 0) is 16.0 Å². The van der Waals surface area contributed by atoms with Crippen LogP contribution in [-0.4, -0.2) is 17.2 Å². The first-order valence-corrected chi connectivity index (χ1v) is 6.78. The number of carbonyl (C=O) groups is 1. The molecule has 1 fully saturated rings. The van der Waals surface area contributed by atoms with Crippen molar-refractivity contribution in [1.29, 1.82) is 0 Å². The van der Waals surface area contributed by atoms with Crippen molar-refractivity contribution in [1.82, 2.24) is 5.16 Å². The van der Waals surface area contributed by atoms with Crippen LogP contribution < -0.4 is 0 Å². The highest BCUT2D eigenvalue weighted by Gasteiger charge is 2.18. The minimum atomic E-state index is -0.0955. The molecular weight excluding hydrogens is 230 g/mol. The van der Waals surface area contributed by atoms with Crippen LogP contribution in [0.4, 0.5) is 0 Å². The Morgan fingerprint density at radius 2 is 2.06 bits per heavy atom. The van der Waals surface area contributed by atoms with Crippen molar-refractivity contribution in [2.75, 3.05) is 0 Å². The molecular formula is C14H21NO3. The molecule has 0 atom stereocenters. The first-order valence-electron chi connectivity index (χ1n) is 6.78. The standard InChI is InChI=1S/C14H21NO3/c1-10-13(11(2)18-15-10)8-9-14(16)17-12-6-4-3-5-7-12/h12H,3-9H2,1-2H3. The fourth-order valence-corrected chi connectivity index (χ4v) is 2.51. The lowest BCUT2D eigenvalue weighted by atomic mass is 9.98. The summed E-state index contributed by atoms with van der Waals surface area (Å²) in [5.74, 6) is 0.708. The summed E-state index contributed by atoms with van der Waals surface area (Å²) in [4.78, 5) is 11.8. The molecule has 0 aliphatic heterocycles. The van der Waals surface area contributed by atoms with Crippen LogP contribution in [0.1, 0.15) is 55.5 Å². The second-order valence-corrected chi connectivity index (χ2v) is 5.05. The van der Waals surface area contributed by atoms with Crippen LogP contribution in [0.5, 0.6) is 0 Å². The van der Waals surface area contributed by atoms with Gasteiger partial charge in [-0.15, -0.1) is 0 Å². The fourth-order valence-electron chi connectivity index (χ4n) is 2.51. The number of aryl methyl sites for hydroxylation is 2. The quantitative estimate of drug-likeness (QED) is 0.771. The van der Waals surface area contributed by atoms with Crippen molar-refractivity contribution in [3.05, 3.63) is 17.0 Å². The van der Waals surface area contributed by atoms with E-state index in [9.17, 15) is 4.79 Å². The predicted molar refractivity (Wildman–Crippen MR) is 67.3 cm³/mol. The highest BCUT2D eigenvalue weighted by molar-refractivity contribution is 5.70. The van der Waals surface area contributed by atoms with Crippen LogP contribution >= 0.6 is 0 Å². The molecule has 4 heteroatoms. The van der Waals surface area contributed by atoms with E-state index in [2.05, 4.69) is 5.16 Å². The van der Waals surface area contributed by atoms with Gasteiger partial charge < -0.3 is 9.26 Å². The average Bonchev–Trinajstić information content (AvgIpc) is 2.68. The van der Waals surface area contributed by atoms with Crippen molar-refractivity contribution in [2.45, 2.75) is 64.9 Å². The van der Waals surface area contributed by atoms with E-state index in [1.807, 2.05) is 13.8 Å². The van der Waals surface area contributed by atoms with Crippen molar-refractivity contribution in [3.63, 3.8) is 0 Å². The SMILES string of the molecule is Cc1noc(C)c1CCC(=O)OC1CCCCC1. The van der Waals surface area contributed by atoms with E-state index in [-0.39, 0.29) is 12.1 Å². The summed E-state index contributed by atoms with van der Waals surface area (Å²) in [5, 5.41) is 3.88. The number of ether oxygens (including phenoxy) is 1. The summed E-state index contributed by atoms with van der Waals surface area (Å²) < 4.78 is 10.6. The van der Waals surface area contributed by atoms with Gasteiger partial charge in [0.1, 0.15) is 11.9 Å². The predicted octanol–water partition coefficient (Wildman–Crippen LogP) is 3.10. The smallest absolute Gasteiger partial charge is 0.306 e. The van der Waals surface area contributed by atoms with E-state index in [1.54, 1.807) is 0 Å². The van der Waals surface area contributed by atoms with Crippen LogP contribution in [0, 0.1) is 13.8 Å². The molecule has 0 N–H and O–H groups in total. The molecule has 0 saturated heterocycles. The van der Waals surface area contributed by atoms with Gasteiger partial charge in [-0.25, -0.2) is 0 Å². The summed E-state index contributed by atoms with van der Waals surface area (Å²) >= 11 is 0. The third-order valence-electron chi connectivity index (χ3n) is 3.61. The number of aromatic nitrogens is 1. The molecule has 1 aliphatic carbocycles. The molecule has 1 aliphatic rings. The Morgan fingerprint density at radius 3 is 2.67 bits per heavy atom. The van der Waals surface area contributed by atoms with Crippen molar-refractivity contribution in [3.8, 4) is 0 Å². The lowest BCUT2D eigenvalue weighted by Crippen LogP contribution is -2.21. The number of nitrogens with zero attached hydrogens (tertiary/aromatic N) is 1. The molecule has 0 radical (unpaired) electrons. The molecule has 0 amide bonds. The van der Waals surface area contributed by atoms with Gasteiger partial charge in [-0.1, -0.05) is 11.6 Å². The van der Waals surface area contributed by atoms with Crippen molar-refractivity contribution < 1.29 is 14.1 Å². The van der Waals surface area contributed by atoms with Gasteiger partial charge in [-0.2, -0.15) is 0 Å². The Kier molecular flexibility index (Phi) is 4.39. The second-order valence-electron chi connectivity index (χ2n) is 5.05. The minimum Gasteiger partial charge on any atom is -0.462 e. The maximum Gasteiger partial charge on any atom is 0.306 e. The maximum absolute atomic E-state index is 11.8. The first kappa shape index (κ1) is 13.1. The number of esters is 1. The number of hydrogen-bond donors (Lipinski definition) is 0. The Balaban J connectivity index is 1.77. The molecule has 1 heterocycles. The molecule has 0 unspecified atom stereocenters. The Morgan fingerprint density at radius 1 is 1.33 bits per heavy atom. The van der Waals surface area contributed by atoms with Gasteiger partial charge in [-0.3, -0.25) is 4.79 Å². The zero-order chi connectivity index (χ0) is 13.0. The molecule has 100 valence electrons. The Bertz CT molecular complexity index is 386. The number of carbonyl (C=O) groups excluding carboxylic acids is 1. The monoisotopic (exact) mass is 251 g/mol. The van der Waals surface area contributed by atoms with Crippen LogP contribution in [0.2, 0.25) is 0 Å². The van der Waals surface area contributed by atoms with E-state index in [0.29, 0.717) is 12.8 Å². The van der Waals surface area contributed by atoms with Crippen molar-refractivity contribution in [2.24, 2.45) is 0 Å². The minimum absolute atomic E-state index is 0.0955. The summed E-state index contributed by atoms with van der Waals surface area (Å²) in [6.07, 6.45) is 6.91. The number of rotatable bonds is 4.